The standard InChI is InChI=1S/C7H14N4/c1-6(2)4-8-7-9-5-10-11(7)3/h5-6H,4H2,1-3H3,(H,8,9,10). The van der Waals surface area contributed by atoms with E-state index in [1.54, 1.807) is 11.0 Å². The van der Waals surface area contributed by atoms with Crippen LogP contribution in [0.4, 0.5) is 5.95 Å². The Morgan fingerprint density at radius 1 is 1.64 bits per heavy atom. The molecule has 0 amide bonds. The average molecular weight is 154 g/mol. The van der Waals surface area contributed by atoms with Gasteiger partial charge < -0.3 is 5.32 Å². The summed E-state index contributed by atoms with van der Waals surface area (Å²) in [5, 5.41) is 7.12. The SMILES string of the molecule is CC(C)CNc1ncnn1C. The summed E-state index contributed by atoms with van der Waals surface area (Å²) in [5.74, 6) is 1.46. The smallest absolute Gasteiger partial charge is 0.220 e. The molecule has 62 valence electrons. The third kappa shape index (κ3) is 2.22. The molecule has 0 spiro atoms. The normalized spacial score (nSPS) is 10.5. The Labute approximate surface area is 66.6 Å². The molecule has 0 unspecified atom stereocenters. The zero-order valence-electron chi connectivity index (χ0n) is 7.20. The third-order valence-electron chi connectivity index (χ3n) is 1.38. The second-order valence-corrected chi connectivity index (χ2v) is 2.98. The molecular formula is C7H14N4. The van der Waals surface area contributed by atoms with Gasteiger partial charge in [-0.05, 0) is 5.92 Å². The highest BCUT2D eigenvalue weighted by molar-refractivity contribution is 5.22. The molecule has 0 saturated carbocycles. The molecular weight excluding hydrogens is 140 g/mol. The van der Waals surface area contributed by atoms with Crippen LogP contribution in [0.25, 0.3) is 0 Å². The fourth-order valence-corrected chi connectivity index (χ4v) is 0.752. The van der Waals surface area contributed by atoms with E-state index in [4.69, 9.17) is 0 Å². The van der Waals surface area contributed by atoms with E-state index >= 15 is 0 Å². The van der Waals surface area contributed by atoms with Gasteiger partial charge in [-0.2, -0.15) is 10.1 Å². The lowest BCUT2D eigenvalue weighted by molar-refractivity contribution is 0.673. The molecule has 0 aliphatic rings. The molecule has 0 atom stereocenters. The molecule has 0 fully saturated rings. The van der Waals surface area contributed by atoms with E-state index in [2.05, 4.69) is 29.2 Å². The van der Waals surface area contributed by atoms with Crippen LogP contribution in [0.15, 0.2) is 6.33 Å². The zero-order valence-corrected chi connectivity index (χ0v) is 7.20. The van der Waals surface area contributed by atoms with Crippen LogP contribution in [0.3, 0.4) is 0 Å². The van der Waals surface area contributed by atoms with E-state index in [-0.39, 0.29) is 0 Å². The van der Waals surface area contributed by atoms with E-state index in [1.165, 1.54) is 0 Å². The second kappa shape index (κ2) is 3.37. The monoisotopic (exact) mass is 154 g/mol. The number of hydrogen-bond acceptors (Lipinski definition) is 3. The number of nitrogens with one attached hydrogen (secondary N) is 1. The van der Waals surface area contributed by atoms with Gasteiger partial charge >= 0.3 is 0 Å². The highest BCUT2D eigenvalue weighted by Gasteiger charge is 1.98. The van der Waals surface area contributed by atoms with Gasteiger partial charge in [-0.25, -0.2) is 4.68 Å². The number of anilines is 1. The molecule has 0 radical (unpaired) electrons. The lowest BCUT2D eigenvalue weighted by Crippen LogP contribution is -2.11. The molecule has 1 aromatic heterocycles. The first kappa shape index (κ1) is 8.04. The summed E-state index contributed by atoms with van der Waals surface area (Å²) in [5.41, 5.74) is 0. The Balaban J connectivity index is 2.44. The van der Waals surface area contributed by atoms with Crippen molar-refractivity contribution >= 4 is 5.95 Å². The maximum Gasteiger partial charge on any atom is 0.220 e. The molecule has 4 nitrogen and oxygen atoms in total. The van der Waals surface area contributed by atoms with Crippen LogP contribution in [0, 0.1) is 5.92 Å². The average Bonchev–Trinajstić information content (AvgIpc) is 2.31. The third-order valence-corrected chi connectivity index (χ3v) is 1.38. The Bertz CT molecular complexity index is 216. The summed E-state index contributed by atoms with van der Waals surface area (Å²) in [4.78, 5) is 4.03. The molecule has 1 heterocycles. The van der Waals surface area contributed by atoms with Crippen molar-refractivity contribution < 1.29 is 0 Å². The first-order valence-corrected chi connectivity index (χ1v) is 3.78. The van der Waals surface area contributed by atoms with E-state index in [0.29, 0.717) is 5.92 Å². The van der Waals surface area contributed by atoms with E-state index in [0.717, 1.165) is 12.5 Å². The van der Waals surface area contributed by atoms with Gasteiger partial charge in [0.1, 0.15) is 6.33 Å². The Morgan fingerprint density at radius 2 is 2.36 bits per heavy atom. The predicted octanol–water partition coefficient (Wildman–Crippen LogP) is 0.883. The summed E-state index contributed by atoms with van der Waals surface area (Å²) in [7, 11) is 1.87. The molecule has 0 aliphatic carbocycles. The summed E-state index contributed by atoms with van der Waals surface area (Å²) in [6, 6.07) is 0. The lowest BCUT2D eigenvalue weighted by atomic mass is 10.2. The predicted molar refractivity (Wildman–Crippen MR) is 44.3 cm³/mol. The van der Waals surface area contributed by atoms with Gasteiger partial charge in [-0.15, -0.1) is 0 Å². The molecule has 1 N–H and O–H groups in total. The van der Waals surface area contributed by atoms with Gasteiger partial charge in [0.25, 0.3) is 0 Å². The van der Waals surface area contributed by atoms with Crippen molar-refractivity contribution in [2.45, 2.75) is 13.8 Å². The van der Waals surface area contributed by atoms with Gasteiger partial charge in [0.2, 0.25) is 5.95 Å². The largest absolute Gasteiger partial charge is 0.354 e. The van der Waals surface area contributed by atoms with E-state index in [1.807, 2.05) is 7.05 Å². The minimum Gasteiger partial charge on any atom is -0.354 e. The van der Waals surface area contributed by atoms with Gasteiger partial charge in [0.05, 0.1) is 0 Å². The van der Waals surface area contributed by atoms with Gasteiger partial charge in [-0.1, -0.05) is 13.8 Å². The van der Waals surface area contributed by atoms with Gasteiger partial charge in [0.15, 0.2) is 0 Å². The van der Waals surface area contributed by atoms with Crippen molar-refractivity contribution in [1.82, 2.24) is 14.8 Å². The number of nitrogens with zero attached hydrogens (tertiary/aromatic N) is 3. The van der Waals surface area contributed by atoms with Crippen molar-refractivity contribution in [3.8, 4) is 0 Å². The van der Waals surface area contributed by atoms with Crippen LogP contribution >= 0.6 is 0 Å². The number of aryl methyl sites for hydroxylation is 1. The first-order valence-electron chi connectivity index (χ1n) is 3.78. The molecule has 11 heavy (non-hydrogen) atoms. The number of hydrogen-bond donors (Lipinski definition) is 1. The van der Waals surface area contributed by atoms with Crippen LogP contribution in [-0.4, -0.2) is 21.3 Å². The summed E-state index contributed by atoms with van der Waals surface area (Å²) < 4.78 is 1.72. The molecule has 0 aromatic carbocycles. The minimum absolute atomic E-state index is 0.631. The molecule has 0 aliphatic heterocycles. The fourth-order valence-electron chi connectivity index (χ4n) is 0.752. The van der Waals surface area contributed by atoms with Crippen molar-refractivity contribution in [3.63, 3.8) is 0 Å². The van der Waals surface area contributed by atoms with E-state index in [9.17, 15) is 0 Å². The summed E-state index contributed by atoms with van der Waals surface area (Å²) in [6.07, 6.45) is 1.54. The highest BCUT2D eigenvalue weighted by atomic mass is 15.4. The van der Waals surface area contributed by atoms with Crippen LogP contribution in [0.1, 0.15) is 13.8 Å². The molecule has 4 heteroatoms. The fraction of sp³-hybridized carbons (Fsp3) is 0.714. The molecule has 1 aromatic rings. The van der Waals surface area contributed by atoms with Crippen molar-refractivity contribution in [3.05, 3.63) is 6.33 Å². The van der Waals surface area contributed by atoms with Crippen molar-refractivity contribution in [2.24, 2.45) is 13.0 Å². The summed E-state index contributed by atoms with van der Waals surface area (Å²) in [6.45, 7) is 5.25. The van der Waals surface area contributed by atoms with Crippen molar-refractivity contribution in [1.29, 1.82) is 0 Å². The molecule has 0 saturated heterocycles. The lowest BCUT2D eigenvalue weighted by Gasteiger charge is -2.06. The quantitative estimate of drug-likeness (QED) is 0.703. The first-order chi connectivity index (χ1) is 5.20. The molecule has 0 bridgehead atoms. The van der Waals surface area contributed by atoms with Crippen LogP contribution in [0.2, 0.25) is 0 Å². The highest BCUT2D eigenvalue weighted by Crippen LogP contribution is 1.99. The van der Waals surface area contributed by atoms with Gasteiger partial charge in [0, 0.05) is 13.6 Å². The van der Waals surface area contributed by atoms with Crippen LogP contribution in [-0.2, 0) is 7.05 Å². The second-order valence-electron chi connectivity index (χ2n) is 2.98. The number of aromatic nitrogens is 3. The van der Waals surface area contributed by atoms with Gasteiger partial charge in [-0.3, -0.25) is 0 Å². The van der Waals surface area contributed by atoms with Crippen LogP contribution < -0.4 is 5.32 Å². The zero-order chi connectivity index (χ0) is 8.27. The number of rotatable bonds is 3. The maximum absolute atomic E-state index is 4.03. The topological polar surface area (TPSA) is 42.7 Å². The van der Waals surface area contributed by atoms with Crippen molar-refractivity contribution in [2.75, 3.05) is 11.9 Å². The maximum atomic E-state index is 4.03. The van der Waals surface area contributed by atoms with E-state index < -0.39 is 0 Å². The Morgan fingerprint density at radius 3 is 2.82 bits per heavy atom. The van der Waals surface area contributed by atoms with Crippen LogP contribution in [0.5, 0.6) is 0 Å². The Hall–Kier alpha value is -1.06. The Kier molecular flexibility index (Phi) is 2.46. The molecule has 1 rings (SSSR count). The summed E-state index contributed by atoms with van der Waals surface area (Å²) >= 11 is 0. The minimum atomic E-state index is 0.631.